The maximum Gasteiger partial charge on any atom is 0.348 e. The number of aliphatic carboxylic acids is 2. The zero-order valence-corrected chi connectivity index (χ0v) is 20.1. The van der Waals surface area contributed by atoms with Crippen LogP contribution in [-0.4, -0.2) is 66.5 Å². The minimum atomic E-state index is -2.51. The van der Waals surface area contributed by atoms with Crippen LogP contribution < -0.4 is 5.32 Å². The maximum atomic E-state index is 12.1. The number of halogens is 1. The Labute approximate surface area is 211 Å². The third-order valence-corrected chi connectivity index (χ3v) is 6.15. The molecule has 0 radical (unpaired) electrons. The van der Waals surface area contributed by atoms with Gasteiger partial charge in [-0.1, -0.05) is 30.3 Å². The molecule has 188 valence electrons. The molecule has 0 bridgehead atoms. The summed E-state index contributed by atoms with van der Waals surface area (Å²) >= 11 is 6.10. The average molecular weight is 514 g/mol. The van der Waals surface area contributed by atoms with Crippen molar-refractivity contribution in [3.63, 3.8) is 0 Å². The van der Waals surface area contributed by atoms with E-state index in [0.717, 1.165) is 0 Å². The number of terminal acetylenes is 1. The molecule has 1 aliphatic heterocycles. The SMILES string of the molecule is C#CC1CC(n2cnc3c(NCC)nc(Cl)nc32)OC1COC(Cc1ccccc1)(C(=O)O)C(=O)O. The molecule has 1 fully saturated rings. The van der Waals surface area contributed by atoms with Crippen LogP contribution >= 0.6 is 11.6 Å². The zero-order valence-electron chi connectivity index (χ0n) is 19.3. The van der Waals surface area contributed by atoms with Gasteiger partial charge in [0.1, 0.15) is 6.23 Å². The molecule has 1 aromatic carbocycles. The quantitative estimate of drug-likeness (QED) is 0.210. The number of aromatic nitrogens is 4. The first kappa shape index (κ1) is 25.4. The number of imidazole rings is 1. The molecule has 36 heavy (non-hydrogen) atoms. The van der Waals surface area contributed by atoms with Gasteiger partial charge in [-0.3, -0.25) is 4.57 Å². The highest BCUT2D eigenvalue weighted by Crippen LogP contribution is 2.36. The first-order valence-electron chi connectivity index (χ1n) is 11.2. The van der Waals surface area contributed by atoms with Crippen LogP contribution in [0.5, 0.6) is 0 Å². The van der Waals surface area contributed by atoms with Crippen LogP contribution in [-0.2, 0) is 25.5 Å². The number of hydrogen-bond donors (Lipinski definition) is 3. The van der Waals surface area contributed by atoms with Gasteiger partial charge in [0.2, 0.25) is 5.28 Å². The number of benzene rings is 1. The molecule has 12 heteroatoms. The molecule has 0 aliphatic carbocycles. The third-order valence-electron chi connectivity index (χ3n) is 5.98. The van der Waals surface area contributed by atoms with Crippen LogP contribution in [0.1, 0.15) is 25.1 Å². The fourth-order valence-corrected chi connectivity index (χ4v) is 4.31. The van der Waals surface area contributed by atoms with Gasteiger partial charge in [0.25, 0.3) is 5.60 Å². The Kier molecular flexibility index (Phi) is 7.40. The molecule has 3 aromatic rings. The van der Waals surface area contributed by atoms with E-state index >= 15 is 0 Å². The number of hydrogen-bond acceptors (Lipinski definition) is 8. The second-order valence-electron chi connectivity index (χ2n) is 8.24. The number of nitrogens with one attached hydrogen (secondary N) is 1. The molecule has 0 saturated carbocycles. The lowest BCUT2D eigenvalue weighted by molar-refractivity contribution is -0.188. The van der Waals surface area contributed by atoms with Crippen molar-refractivity contribution in [3.05, 3.63) is 47.5 Å². The monoisotopic (exact) mass is 513 g/mol. The topological polar surface area (TPSA) is 149 Å². The fraction of sp³-hybridized carbons (Fsp3) is 0.375. The lowest BCUT2D eigenvalue weighted by atomic mass is 9.94. The molecule has 11 nitrogen and oxygen atoms in total. The van der Waals surface area contributed by atoms with Gasteiger partial charge < -0.3 is 25.0 Å². The molecular weight excluding hydrogens is 490 g/mol. The number of carbonyl (C=O) groups is 2. The van der Waals surface area contributed by atoms with E-state index in [0.29, 0.717) is 35.5 Å². The van der Waals surface area contributed by atoms with Gasteiger partial charge in [0, 0.05) is 19.4 Å². The van der Waals surface area contributed by atoms with Gasteiger partial charge in [0.15, 0.2) is 17.0 Å². The fourth-order valence-electron chi connectivity index (χ4n) is 4.15. The van der Waals surface area contributed by atoms with Gasteiger partial charge in [-0.2, -0.15) is 9.97 Å². The summed E-state index contributed by atoms with van der Waals surface area (Å²) in [5.74, 6) is -0.596. The average Bonchev–Trinajstić information content (AvgIpc) is 3.46. The van der Waals surface area contributed by atoms with E-state index in [1.54, 1.807) is 34.9 Å². The van der Waals surface area contributed by atoms with Crippen molar-refractivity contribution in [2.45, 2.75) is 37.7 Å². The predicted octanol–water partition coefficient (Wildman–Crippen LogP) is 2.62. The summed E-state index contributed by atoms with van der Waals surface area (Å²) in [6.07, 6.45) is 5.86. The van der Waals surface area contributed by atoms with Crippen molar-refractivity contribution in [2.24, 2.45) is 5.92 Å². The minimum Gasteiger partial charge on any atom is -0.479 e. The highest BCUT2D eigenvalue weighted by molar-refractivity contribution is 6.28. The Hall–Kier alpha value is -3.72. The Morgan fingerprint density at radius 1 is 1.31 bits per heavy atom. The molecule has 3 N–H and O–H groups in total. The Bertz CT molecular complexity index is 1290. The summed E-state index contributed by atoms with van der Waals surface area (Å²) in [5.41, 5.74) is -1.08. The van der Waals surface area contributed by atoms with Crippen LogP contribution in [0.2, 0.25) is 5.28 Å². The summed E-state index contributed by atoms with van der Waals surface area (Å²) in [6.45, 7) is 2.17. The number of ether oxygens (including phenoxy) is 2. The lowest BCUT2D eigenvalue weighted by Crippen LogP contribution is -2.52. The van der Waals surface area contributed by atoms with Crippen molar-refractivity contribution in [2.75, 3.05) is 18.5 Å². The Balaban J connectivity index is 1.57. The largest absolute Gasteiger partial charge is 0.479 e. The Morgan fingerprint density at radius 2 is 2.03 bits per heavy atom. The van der Waals surface area contributed by atoms with E-state index in [-0.39, 0.29) is 18.3 Å². The van der Waals surface area contributed by atoms with Crippen molar-refractivity contribution in [1.29, 1.82) is 0 Å². The van der Waals surface area contributed by atoms with Crippen molar-refractivity contribution in [1.82, 2.24) is 19.5 Å². The van der Waals surface area contributed by atoms with Crippen LogP contribution in [0, 0.1) is 18.3 Å². The minimum absolute atomic E-state index is 0.0280. The molecule has 1 aliphatic rings. The molecule has 1 saturated heterocycles. The van der Waals surface area contributed by atoms with E-state index in [9.17, 15) is 19.8 Å². The van der Waals surface area contributed by atoms with E-state index in [2.05, 4.69) is 26.2 Å². The smallest absolute Gasteiger partial charge is 0.348 e. The predicted molar refractivity (Wildman–Crippen MR) is 129 cm³/mol. The summed E-state index contributed by atoms with van der Waals surface area (Å²) in [4.78, 5) is 37.0. The molecule has 2 aromatic heterocycles. The highest BCUT2D eigenvalue weighted by atomic mass is 35.5. The zero-order chi connectivity index (χ0) is 25.9. The second kappa shape index (κ2) is 10.5. The van der Waals surface area contributed by atoms with Gasteiger partial charge >= 0.3 is 11.9 Å². The van der Waals surface area contributed by atoms with Gasteiger partial charge in [-0.15, -0.1) is 12.3 Å². The maximum absolute atomic E-state index is 12.1. The molecule has 0 spiro atoms. The molecular formula is C24H24ClN5O6. The van der Waals surface area contributed by atoms with E-state index in [4.69, 9.17) is 27.5 Å². The molecule has 4 rings (SSSR count). The number of anilines is 1. The van der Waals surface area contributed by atoms with E-state index in [1.807, 2.05) is 6.92 Å². The summed E-state index contributed by atoms with van der Waals surface area (Å²) in [6, 6.07) is 8.39. The third kappa shape index (κ3) is 4.83. The molecule has 0 amide bonds. The number of rotatable bonds is 10. The summed E-state index contributed by atoms with van der Waals surface area (Å²) in [5, 5.41) is 22.8. The van der Waals surface area contributed by atoms with E-state index < -0.39 is 35.8 Å². The number of carboxylic acid groups (broad SMARTS) is 2. The molecule has 3 unspecified atom stereocenters. The standard InChI is InChI=1S/C24H24ClN5O6/c1-3-15-10-17(30-13-27-18-19(26-4-2)28-23(25)29-20(18)30)36-16(15)12-35-24(21(31)32,22(33)34)11-14-8-6-5-7-9-14/h1,5-9,13,15-17H,4,10-12H2,2H3,(H,31,32)(H,33,34)(H,26,28,29). The van der Waals surface area contributed by atoms with Crippen LogP contribution in [0.25, 0.3) is 11.2 Å². The molecule has 3 heterocycles. The van der Waals surface area contributed by atoms with Crippen molar-refractivity contribution < 1.29 is 29.3 Å². The second-order valence-corrected chi connectivity index (χ2v) is 8.58. The number of carboxylic acids is 2. The van der Waals surface area contributed by atoms with Crippen molar-refractivity contribution in [3.8, 4) is 12.3 Å². The first-order valence-corrected chi connectivity index (χ1v) is 11.6. The van der Waals surface area contributed by atoms with Crippen molar-refractivity contribution >= 4 is 40.5 Å². The van der Waals surface area contributed by atoms with Gasteiger partial charge in [-0.05, 0) is 24.1 Å². The van der Waals surface area contributed by atoms with Crippen LogP contribution in [0.3, 0.4) is 0 Å². The summed E-state index contributed by atoms with van der Waals surface area (Å²) < 4.78 is 13.4. The summed E-state index contributed by atoms with van der Waals surface area (Å²) in [7, 11) is 0. The van der Waals surface area contributed by atoms with Gasteiger partial charge in [0.05, 0.1) is 25.0 Å². The number of nitrogens with zero attached hydrogens (tertiary/aromatic N) is 4. The van der Waals surface area contributed by atoms with Crippen LogP contribution in [0.4, 0.5) is 5.82 Å². The Morgan fingerprint density at radius 3 is 2.67 bits per heavy atom. The lowest BCUT2D eigenvalue weighted by Gasteiger charge is -2.27. The normalized spacial score (nSPS) is 19.8. The molecule has 3 atom stereocenters. The van der Waals surface area contributed by atoms with E-state index in [1.165, 1.54) is 6.33 Å². The first-order chi connectivity index (χ1) is 17.3. The highest BCUT2D eigenvalue weighted by Gasteiger charge is 2.50. The van der Waals surface area contributed by atoms with Gasteiger partial charge in [-0.25, -0.2) is 14.6 Å². The number of fused-ring (bicyclic) bond motifs is 1. The van der Waals surface area contributed by atoms with Crippen LogP contribution in [0.15, 0.2) is 36.7 Å².